The number of piperidine rings is 1. The second-order valence-corrected chi connectivity index (χ2v) is 6.84. The fraction of sp³-hybridized carbons (Fsp3) is 0.778. The summed E-state index contributed by atoms with van der Waals surface area (Å²) < 4.78 is 5.49. The molecule has 0 amide bonds. The molecule has 1 atom stereocenters. The first-order chi connectivity index (χ1) is 11.3. The van der Waals surface area contributed by atoms with Gasteiger partial charge in [-0.15, -0.1) is 0 Å². The number of anilines is 1. The van der Waals surface area contributed by atoms with Crippen LogP contribution >= 0.6 is 0 Å². The zero-order chi connectivity index (χ0) is 16.1. The van der Waals surface area contributed by atoms with Crippen LogP contribution in [0.25, 0.3) is 0 Å². The minimum absolute atomic E-state index is 0.533. The maximum absolute atomic E-state index is 5.49. The van der Waals surface area contributed by atoms with Gasteiger partial charge < -0.3 is 15.0 Å². The summed E-state index contributed by atoms with van der Waals surface area (Å²) in [6.45, 7) is 10.3. The lowest BCUT2D eigenvalue weighted by Gasteiger charge is -2.30. The molecule has 128 valence electrons. The first-order valence-electron chi connectivity index (χ1n) is 9.15. The van der Waals surface area contributed by atoms with Crippen LogP contribution in [-0.2, 0) is 4.74 Å². The van der Waals surface area contributed by atoms with Crippen molar-refractivity contribution in [3.05, 3.63) is 17.6 Å². The maximum atomic E-state index is 5.49. The molecule has 2 fully saturated rings. The Hall–Kier alpha value is -1.20. The highest BCUT2D eigenvalue weighted by atomic mass is 16.5. The molecule has 2 aliphatic rings. The predicted molar refractivity (Wildman–Crippen MR) is 93.0 cm³/mol. The van der Waals surface area contributed by atoms with Gasteiger partial charge in [-0.05, 0) is 52.0 Å². The quantitative estimate of drug-likeness (QED) is 0.904. The molecule has 3 rings (SSSR count). The van der Waals surface area contributed by atoms with Crippen LogP contribution in [0.2, 0.25) is 0 Å². The summed E-state index contributed by atoms with van der Waals surface area (Å²) in [6, 6.07) is 2.23. The van der Waals surface area contributed by atoms with Crippen molar-refractivity contribution in [2.75, 3.05) is 44.3 Å². The first kappa shape index (κ1) is 16.7. The topological polar surface area (TPSA) is 50.3 Å². The van der Waals surface area contributed by atoms with Gasteiger partial charge in [-0.25, -0.2) is 9.97 Å². The van der Waals surface area contributed by atoms with E-state index in [1.54, 1.807) is 0 Å². The lowest BCUT2D eigenvalue weighted by molar-refractivity contribution is 0.0682. The molecule has 1 N–H and O–H groups in total. The van der Waals surface area contributed by atoms with Crippen LogP contribution in [0.3, 0.4) is 0 Å². The average molecular weight is 318 g/mol. The molecule has 0 aliphatic carbocycles. The molecule has 0 saturated carbocycles. The highest BCUT2D eigenvalue weighted by molar-refractivity contribution is 5.41. The van der Waals surface area contributed by atoms with Gasteiger partial charge in [-0.3, -0.25) is 0 Å². The van der Waals surface area contributed by atoms with E-state index in [1.165, 1.54) is 31.4 Å². The average Bonchev–Trinajstić information content (AvgIpc) is 2.61. The third kappa shape index (κ3) is 4.42. The van der Waals surface area contributed by atoms with E-state index < -0.39 is 0 Å². The van der Waals surface area contributed by atoms with Crippen LogP contribution in [0.4, 0.5) is 5.82 Å². The lowest BCUT2D eigenvalue weighted by atomic mass is 9.95. The molecule has 2 saturated heterocycles. The fourth-order valence-electron chi connectivity index (χ4n) is 3.68. The third-order valence-electron chi connectivity index (χ3n) is 5.08. The van der Waals surface area contributed by atoms with Gasteiger partial charge in [-0.2, -0.15) is 0 Å². The van der Waals surface area contributed by atoms with Gasteiger partial charge in [0.25, 0.3) is 0 Å². The normalized spacial score (nSPS) is 23.0. The highest BCUT2D eigenvalue weighted by Gasteiger charge is 2.21. The summed E-state index contributed by atoms with van der Waals surface area (Å²) in [5, 5.41) is 3.49. The predicted octanol–water partition coefficient (Wildman–Crippen LogP) is 2.50. The van der Waals surface area contributed by atoms with Gasteiger partial charge in [0.05, 0.1) is 5.69 Å². The second-order valence-electron chi connectivity index (χ2n) is 6.84. The largest absolute Gasteiger partial charge is 0.381 e. The Kier molecular flexibility index (Phi) is 5.84. The molecule has 5 nitrogen and oxygen atoms in total. The Morgan fingerprint density at radius 2 is 2.09 bits per heavy atom. The van der Waals surface area contributed by atoms with Gasteiger partial charge in [0.2, 0.25) is 0 Å². The van der Waals surface area contributed by atoms with Crippen LogP contribution in [0.15, 0.2) is 6.07 Å². The summed E-state index contributed by atoms with van der Waals surface area (Å²) in [4.78, 5) is 11.9. The number of rotatable bonds is 5. The van der Waals surface area contributed by atoms with Crippen molar-refractivity contribution >= 4 is 5.82 Å². The fourth-order valence-corrected chi connectivity index (χ4v) is 3.68. The molecule has 1 aromatic rings. The molecule has 1 aromatic heterocycles. The molecule has 0 bridgehead atoms. The van der Waals surface area contributed by atoms with Crippen LogP contribution < -0.4 is 10.2 Å². The van der Waals surface area contributed by atoms with Gasteiger partial charge in [-0.1, -0.05) is 0 Å². The Labute approximate surface area is 139 Å². The molecule has 5 heteroatoms. The molecule has 3 heterocycles. The van der Waals surface area contributed by atoms with Gasteiger partial charge in [0, 0.05) is 44.8 Å². The van der Waals surface area contributed by atoms with Crippen molar-refractivity contribution in [1.82, 2.24) is 15.3 Å². The van der Waals surface area contributed by atoms with E-state index in [1.807, 2.05) is 6.92 Å². The van der Waals surface area contributed by atoms with E-state index in [2.05, 4.69) is 23.2 Å². The van der Waals surface area contributed by atoms with Crippen LogP contribution in [-0.4, -0.2) is 49.4 Å². The molecule has 0 spiro atoms. The van der Waals surface area contributed by atoms with E-state index in [0.717, 1.165) is 57.0 Å². The van der Waals surface area contributed by atoms with Crippen molar-refractivity contribution in [2.45, 2.75) is 45.4 Å². The number of aromatic nitrogens is 2. The smallest absolute Gasteiger partial charge is 0.132 e. The van der Waals surface area contributed by atoms with E-state index in [0.29, 0.717) is 5.92 Å². The van der Waals surface area contributed by atoms with Gasteiger partial charge in [0.1, 0.15) is 11.6 Å². The molecule has 2 aliphatic heterocycles. The molecule has 23 heavy (non-hydrogen) atoms. The SMILES string of the molecule is CCN(CC1CCOCC1)c1cc(C2CCCNC2)nc(C)n1. The molecular formula is C18H30N4O. The highest BCUT2D eigenvalue weighted by Crippen LogP contribution is 2.26. The Morgan fingerprint density at radius 3 is 2.78 bits per heavy atom. The molecule has 0 aromatic carbocycles. The number of aryl methyl sites for hydroxylation is 1. The Morgan fingerprint density at radius 1 is 1.26 bits per heavy atom. The number of nitrogens with one attached hydrogen (secondary N) is 1. The van der Waals surface area contributed by atoms with Crippen molar-refractivity contribution in [3.8, 4) is 0 Å². The second kappa shape index (κ2) is 8.06. The lowest BCUT2D eigenvalue weighted by Crippen LogP contribution is -2.33. The minimum atomic E-state index is 0.533. The first-order valence-corrected chi connectivity index (χ1v) is 9.15. The van der Waals surface area contributed by atoms with E-state index >= 15 is 0 Å². The zero-order valence-corrected chi connectivity index (χ0v) is 14.6. The summed E-state index contributed by atoms with van der Waals surface area (Å²) in [5.74, 6) is 3.25. The number of nitrogens with zero attached hydrogens (tertiary/aromatic N) is 3. The number of hydrogen-bond donors (Lipinski definition) is 1. The standard InChI is InChI=1S/C18H30N4O/c1-3-22(13-15-6-9-23-10-7-15)18-11-17(20-14(2)21-18)16-5-4-8-19-12-16/h11,15-16,19H,3-10,12-13H2,1-2H3. The molecule has 1 unspecified atom stereocenters. The number of hydrogen-bond acceptors (Lipinski definition) is 5. The summed E-state index contributed by atoms with van der Waals surface area (Å²) in [7, 11) is 0. The Balaban J connectivity index is 1.74. The van der Waals surface area contributed by atoms with Crippen molar-refractivity contribution in [3.63, 3.8) is 0 Å². The third-order valence-corrected chi connectivity index (χ3v) is 5.08. The van der Waals surface area contributed by atoms with E-state index in [4.69, 9.17) is 14.7 Å². The monoisotopic (exact) mass is 318 g/mol. The maximum Gasteiger partial charge on any atom is 0.132 e. The van der Waals surface area contributed by atoms with Crippen molar-refractivity contribution in [2.24, 2.45) is 5.92 Å². The van der Waals surface area contributed by atoms with Gasteiger partial charge >= 0.3 is 0 Å². The van der Waals surface area contributed by atoms with E-state index in [-0.39, 0.29) is 0 Å². The van der Waals surface area contributed by atoms with Crippen molar-refractivity contribution < 1.29 is 4.74 Å². The van der Waals surface area contributed by atoms with Crippen LogP contribution in [0.5, 0.6) is 0 Å². The number of ether oxygens (including phenoxy) is 1. The summed E-state index contributed by atoms with van der Waals surface area (Å²) in [6.07, 6.45) is 4.80. The minimum Gasteiger partial charge on any atom is -0.381 e. The van der Waals surface area contributed by atoms with Crippen molar-refractivity contribution in [1.29, 1.82) is 0 Å². The van der Waals surface area contributed by atoms with Crippen LogP contribution in [0, 0.1) is 12.8 Å². The molecular weight excluding hydrogens is 288 g/mol. The molecule has 0 radical (unpaired) electrons. The Bertz CT molecular complexity index is 496. The zero-order valence-electron chi connectivity index (χ0n) is 14.6. The van der Waals surface area contributed by atoms with Crippen LogP contribution in [0.1, 0.15) is 50.0 Å². The van der Waals surface area contributed by atoms with E-state index in [9.17, 15) is 0 Å². The summed E-state index contributed by atoms with van der Waals surface area (Å²) in [5.41, 5.74) is 1.21. The summed E-state index contributed by atoms with van der Waals surface area (Å²) >= 11 is 0. The van der Waals surface area contributed by atoms with Gasteiger partial charge in [0.15, 0.2) is 0 Å².